The van der Waals surface area contributed by atoms with Gasteiger partial charge in [-0.05, 0) is 55.1 Å². The molecule has 0 saturated heterocycles. The number of alkyl halides is 3. The number of nitrogens with zero attached hydrogens (tertiary/aromatic N) is 2. The van der Waals surface area contributed by atoms with E-state index in [1.807, 2.05) is 13.8 Å². The van der Waals surface area contributed by atoms with Crippen molar-refractivity contribution < 1.29 is 32.2 Å². The van der Waals surface area contributed by atoms with Crippen LogP contribution in [-0.4, -0.2) is 55.1 Å². The van der Waals surface area contributed by atoms with Crippen molar-refractivity contribution in [3.05, 3.63) is 77.6 Å². The molecule has 214 valence electrons. The first-order chi connectivity index (χ1) is 19.1. The minimum Gasteiger partial charge on any atom is -0.490 e. The number of hydrogen-bond donors (Lipinski definition) is 3. The van der Waals surface area contributed by atoms with E-state index in [1.165, 1.54) is 25.4 Å². The molecular formula is C28H32F3N5O4. The maximum atomic E-state index is 13.3. The molecule has 0 fully saturated rings. The fourth-order valence-electron chi connectivity index (χ4n) is 3.64. The number of ether oxygens (including phenoxy) is 2. The third-order valence-corrected chi connectivity index (χ3v) is 5.92. The molecule has 0 saturated carbocycles. The Kier molecular flexibility index (Phi) is 10.7. The first-order valence-corrected chi connectivity index (χ1v) is 12.7. The summed E-state index contributed by atoms with van der Waals surface area (Å²) in [6.45, 7) is 6.60. The first kappa shape index (κ1) is 30.2. The summed E-state index contributed by atoms with van der Waals surface area (Å²) in [5.41, 5.74) is -0.0386. The van der Waals surface area contributed by atoms with Gasteiger partial charge in [0.15, 0.2) is 0 Å². The maximum absolute atomic E-state index is 13.3. The Labute approximate surface area is 230 Å². The number of hydrogen-bond acceptors (Lipinski definition) is 6. The highest BCUT2D eigenvalue weighted by atomic mass is 19.4. The summed E-state index contributed by atoms with van der Waals surface area (Å²) in [5, 5.41) is 7.60. The molecular weight excluding hydrogens is 527 g/mol. The summed E-state index contributed by atoms with van der Waals surface area (Å²) in [6.07, 6.45) is -3.11. The fraction of sp³-hybridized carbons (Fsp3) is 0.321. The van der Waals surface area contributed by atoms with Gasteiger partial charge in [-0.3, -0.25) is 9.78 Å². The van der Waals surface area contributed by atoms with Crippen LogP contribution in [-0.2, 0) is 12.7 Å². The average molecular weight is 560 g/mol. The number of carbonyl (C=O) groups is 2. The SMILES string of the molecule is CCN(CC)CCOc1ccc(C(F)(F)F)cc1NC(=O)NCc1ccc(Oc2ccnc(C(=O)NC)c2)cc1. The number of rotatable bonds is 12. The van der Waals surface area contributed by atoms with Gasteiger partial charge >= 0.3 is 12.2 Å². The summed E-state index contributed by atoms with van der Waals surface area (Å²) >= 11 is 0. The fourth-order valence-corrected chi connectivity index (χ4v) is 3.64. The van der Waals surface area contributed by atoms with E-state index in [0.29, 0.717) is 18.0 Å². The lowest BCUT2D eigenvalue weighted by atomic mass is 10.1. The molecule has 12 heteroatoms. The van der Waals surface area contributed by atoms with Crippen molar-refractivity contribution in [2.75, 3.05) is 38.6 Å². The summed E-state index contributed by atoms with van der Waals surface area (Å²) < 4.78 is 51.3. The van der Waals surface area contributed by atoms with Crippen LogP contribution in [0.25, 0.3) is 0 Å². The number of anilines is 1. The molecule has 1 aromatic heterocycles. The van der Waals surface area contributed by atoms with Gasteiger partial charge in [-0.1, -0.05) is 26.0 Å². The molecule has 0 radical (unpaired) electrons. The van der Waals surface area contributed by atoms with E-state index in [2.05, 4.69) is 25.8 Å². The Balaban J connectivity index is 1.60. The molecule has 0 unspecified atom stereocenters. The second-order valence-electron chi connectivity index (χ2n) is 8.59. The van der Waals surface area contributed by atoms with Crippen molar-refractivity contribution in [1.82, 2.24) is 20.5 Å². The van der Waals surface area contributed by atoms with Gasteiger partial charge in [0.2, 0.25) is 0 Å². The predicted octanol–water partition coefficient (Wildman–Crippen LogP) is 5.29. The Bertz CT molecular complexity index is 1280. The van der Waals surface area contributed by atoms with Gasteiger partial charge in [-0.15, -0.1) is 0 Å². The summed E-state index contributed by atoms with van der Waals surface area (Å²) in [6, 6.07) is 12.2. The van der Waals surface area contributed by atoms with Crippen LogP contribution in [0.4, 0.5) is 23.7 Å². The van der Waals surface area contributed by atoms with E-state index in [-0.39, 0.29) is 36.2 Å². The van der Waals surface area contributed by atoms with Crippen LogP contribution < -0.4 is 25.4 Å². The number of pyridine rings is 1. The first-order valence-electron chi connectivity index (χ1n) is 12.7. The van der Waals surface area contributed by atoms with Crippen molar-refractivity contribution in [1.29, 1.82) is 0 Å². The highest BCUT2D eigenvalue weighted by molar-refractivity contribution is 5.92. The smallest absolute Gasteiger partial charge is 0.416 e. The van der Waals surface area contributed by atoms with E-state index >= 15 is 0 Å². The Morgan fingerprint density at radius 1 is 0.975 bits per heavy atom. The molecule has 0 atom stereocenters. The lowest BCUT2D eigenvalue weighted by molar-refractivity contribution is -0.137. The number of likely N-dealkylation sites (N-methyl/N-ethyl adjacent to an activating group) is 1. The number of urea groups is 1. The molecule has 3 amide bonds. The van der Waals surface area contributed by atoms with Crippen LogP contribution in [0.5, 0.6) is 17.2 Å². The molecule has 3 N–H and O–H groups in total. The highest BCUT2D eigenvalue weighted by Gasteiger charge is 2.31. The van der Waals surface area contributed by atoms with E-state index in [4.69, 9.17) is 9.47 Å². The van der Waals surface area contributed by atoms with Gasteiger partial charge in [-0.2, -0.15) is 13.2 Å². The third kappa shape index (κ3) is 8.87. The van der Waals surface area contributed by atoms with Gasteiger partial charge in [0.05, 0.1) is 11.3 Å². The van der Waals surface area contributed by atoms with Crippen molar-refractivity contribution in [3.63, 3.8) is 0 Å². The maximum Gasteiger partial charge on any atom is 0.416 e. The molecule has 0 aliphatic heterocycles. The van der Waals surface area contributed by atoms with Gasteiger partial charge < -0.3 is 30.3 Å². The highest BCUT2D eigenvalue weighted by Crippen LogP contribution is 2.35. The quantitative estimate of drug-likeness (QED) is 0.278. The lowest BCUT2D eigenvalue weighted by Crippen LogP contribution is -2.29. The molecule has 40 heavy (non-hydrogen) atoms. The zero-order chi connectivity index (χ0) is 29.1. The van der Waals surface area contributed by atoms with Gasteiger partial charge in [0.25, 0.3) is 5.91 Å². The monoisotopic (exact) mass is 559 g/mol. The largest absolute Gasteiger partial charge is 0.490 e. The molecule has 1 heterocycles. The van der Waals surface area contributed by atoms with Gasteiger partial charge in [0.1, 0.15) is 29.5 Å². The molecule has 0 spiro atoms. The molecule has 0 aliphatic carbocycles. The van der Waals surface area contributed by atoms with Crippen LogP contribution >= 0.6 is 0 Å². The molecule has 0 bridgehead atoms. The van der Waals surface area contributed by atoms with Crippen LogP contribution in [0.2, 0.25) is 0 Å². The normalized spacial score (nSPS) is 11.2. The summed E-state index contributed by atoms with van der Waals surface area (Å²) in [5.74, 6) is 0.730. The number of nitrogens with one attached hydrogen (secondary N) is 3. The lowest BCUT2D eigenvalue weighted by Gasteiger charge is -2.20. The third-order valence-electron chi connectivity index (χ3n) is 5.92. The van der Waals surface area contributed by atoms with E-state index < -0.39 is 17.8 Å². The molecule has 3 aromatic rings. The Morgan fingerprint density at radius 3 is 2.35 bits per heavy atom. The zero-order valence-corrected chi connectivity index (χ0v) is 22.5. The standard InChI is InChI=1S/C28H32F3N5O4/c1-4-36(5-2)14-15-39-25-11-8-20(28(29,30)31)16-23(25)35-27(38)34-18-19-6-9-21(10-7-19)40-22-12-13-33-24(17-22)26(37)32-3/h6-13,16-17H,4-5,14-15,18H2,1-3H3,(H,32,37)(H2,34,35,38). The Morgan fingerprint density at radius 2 is 1.70 bits per heavy atom. The number of amides is 3. The number of carbonyl (C=O) groups excluding carboxylic acids is 2. The predicted molar refractivity (Wildman–Crippen MR) is 145 cm³/mol. The van der Waals surface area contributed by atoms with E-state index in [9.17, 15) is 22.8 Å². The molecule has 2 aromatic carbocycles. The van der Waals surface area contributed by atoms with Crippen molar-refractivity contribution in [3.8, 4) is 17.2 Å². The Hall–Kier alpha value is -4.32. The van der Waals surface area contributed by atoms with Gasteiger partial charge in [0, 0.05) is 32.4 Å². The number of aromatic nitrogens is 1. The second kappa shape index (κ2) is 14.2. The number of benzene rings is 2. The molecule has 3 rings (SSSR count). The van der Waals surface area contributed by atoms with Crippen LogP contribution in [0.15, 0.2) is 60.8 Å². The molecule has 0 aliphatic rings. The van der Waals surface area contributed by atoms with E-state index in [0.717, 1.165) is 30.8 Å². The molecule has 9 nitrogen and oxygen atoms in total. The summed E-state index contributed by atoms with van der Waals surface area (Å²) in [7, 11) is 1.51. The van der Waals surface area contributed by atoms with Crippen molar-refractivity contribution in [2.24, 2.45) is 0 Å². The van der Waals surface area contributed by atoms with Crippen molar-refractivity contribution in [2.45, 2.75) is 26.6 Å². The van der Waals surface area contributed by atoms with Crippen molar-refractivity contribution >= 4 is 17.6 Å². The zero-order valence-electron chi connectivity index (χ0n) is 22.5. The summed E-state index contributed by atoms with van der Waals surface area (Å²) in [4.78, 5) is 30.4. The topological polar surface area (TPSA) is 105 Å². The minimum absolute atomic E-state index is 0.0795. The number of halogens is 3. The van der Waals surface area contributed by atoms with Crippen LogP contribution in [0.3, 0.4) is 0 Å². The van der Waals surface area contributed by atoms with Gasteiger partial charge in [-0.25, -0.2) is 4.79 Å². The average Bonchev–Trinajstić information content (AvgIpc) is 2.94. The minimum atomic E-state index is -4.57. The van der Waals surface area contributed by atoms with E-state index in [1.54, 1.807) is 30.3 Å². The second-order valence-corrected chi connectivity index (χ2v) is 8.59. The van der Waals surface area contributed by atoms with Crippen LogP contribution in [0, 0.1) is 0 Å². The van der Waals surface area contributed by atoms with Crippen LogP contribution in [0.1, 0.15) is 35.5 Å².